The van der Waals surface area contributed by atoms with Crippen LogP contribution in [0.5, 0.6) is 0 Å². The molecule has 1 saturated carbocycles. The van der Waals surface area contributed by atoms with Gasteiger partial charge in [-0.25, -0.2) is 0 Å². The third-order valence-electron chi connectivity index (χ3n) is 3.62. The van der Waals surface area contributed by atoms with Gasteiger partial charge in [-0.2, -0.15) is 0 Å². The van der Waals surface area contributed by atoms with E-state index in [-0.39, 0.29) is 12.3 Å². The minimum Gasteiger partial charge on any atom is -0.385 e. The van der Waals surface area contributed by atoms with Crippen LogP contribution in [0, 0.1) is 0 Å². The van der Waals surface area contributed by atoms with Gasteiger partial charge in [0.25, 0.3) is 0 Å². The molecule has 1 unspecified atom stereocenters. The van der Waals surface area contributed by atoms with Crippen molar-refractivity contribution in [1.29, 1.82) is 0 Å². The highest BCUT2D eigenvalue weighted by Gasteiger charge is 2.27. The molecule has 0 bridgehead atoms. The first kappa shape index (κ1) is 13.1. The fourth-order valence-corrected chi connectivity index (χ4v) is 2.56. The summed E-state index contributed by atoms with van der Waals surface area (Å²) >= 11 is 0. The molecule has 0 aliphatic heterocycles. The molecule has 1 aromatic carbocycles. The normalized spacial score (nSPS) is 19.4. The number of hydrogen-bond acceptors (Lipinski definition) is 2. The molecule has 1 atom stereocenters. The Morgan fingerprint density at radius 2 is 1.94 bits per heavy atom. The van der Waals surface area contributed by atoms with Gasteiger partial charge < -0.3 is 10.4 Å². The van der Waals surface area contributed by atoms with Gasteiger partial charge in [-0.1, -0.05) is 43.2 Å². The van der Waals surface area contributed by atoms with E-state index in [1.807, 2.05) is 30.3 Å². The van der Waals surface area contributed by atoms with Gasteiger partial charge in [0.1, 0.15) is 0 Å². The lowest BCUT2D eigenvalue weighted by atomic mass is 9.92. The average molecular weight is 247 g/mol. The molecule has 1 amide bonds. The van der Waals surface area contributed by atoms with E-state index >= 15 is 0 Å². The van der Waals surface area contributed by atoms with Crippen LogP contribution < -0.4 is 5.32 Å². The van der Waals surface area contributed by atoms with Crippen LogP contribution in [0.3, 0.4) is 0 Å². The van der Waals surface area contributed by atoms with Gasteiger partial charge >= 0.3 is 0 Å². The molecule has 1 aliphatic carbocycles. The molecule has 2 rings (SSSR count). The second kappa shape index (κ2) is 5.53. The van der Waals surface area contributed by atoms with Gasteiger partial charge in [0.05, 0.1) is 12.0 Å². The Morgan fingerprint density at radius 3 is 2.56 bits per heavy atom. The molecule has 1 aliphatic rings. The second-order valence-electron chi connectivity index (χ2n) is 5.37. The Morgan fingerprint density at radius 1 is 1.33 bits per heavy atom. The first-order valence-electron chi connectivity index (χ1n) is 6.65. The summed E-state index contributed by atoms with van der Waals surface area (Å²) in [6.07, 6.45) is 4.64. The number of hydrogen-bond donors (Lipinski definition) is 2. The van der Waals surface area contributed by atoms with E-state index in [0.717, 1.165) is 18.4 Å². The molecule has 0 spiro atoms. The van der Waals surface area contributed by atoms with Crippen molar-refractivity contribution in [2.45, 2.75) is 50.7 Å². The van der Waals surface area contributed by atoms with E-state index in [2.05, 4.69) is 5.32 Å². The zero-order chi connectivity index (χ0) is 13.0. The Kier molecular flexibility index (Phi) is 4.02. The van der Waals surface area contributed by atoms with Crippen molar-refractivity contribution in [2.75, 3.05) is 0 Å². The topological polar surface area (TPSA) is 49.3 Å². The molecular weight excluding hydrogens is 226 g/mol. The lowest BCUT2D eigenvalue weighted by Gasteiger charge is -2.24. The molecule has 1 aromatic rings. The maximum absolute atomic E-state index is 11.9. The summed E-state index contributed by atoms with van der Waals surface area (Å²) in [6.45, 7) is 1.69. The summed E-state index contributed by atoms with van der Waals surface area (Å²) in [5, 5.41) is 13.4. The number of amides is 1. The summed E-state index contributed by atoms with van der Waals surface area (Å²) in [7, 11) is 0. The van der Waals surface area contributed by atoms with Crippen LogP contribution in [0.2, 0.25) is 0 Å². The van der Waals surface area contributed by atoms with Crippen molar-refractivity contribution in [2.24, 2.45) is 0 Å². The molecule has 98 valence electrons. The van der Waals surface area contributed by atoms with E-state index in [9.17, 15) is 9.90 Å². The maximum Gasteiger partial charge on any atom is 0.223 e. The molecule has 3 nitrogen and oxygen atoms in total. The third-order valence-corrected chi connectivity index (χ3v) is 3.62. The van der Waals surface area contributed by atoms with E-state index in [1.54, 1.807) is 6.92 Å². The van der Waals surface area contributed by atoms with E-state index in [4.69, 9.17) is 0 Å². The van der Waals surface area contributed by atoms with Gasteiger partial charge in [-0.3, -0.25) is 4.79 Å². The van der Waals surface area contributed by atoms with Crippen LogP contribution >= 0.6 is 0 Å². The van der Waals surface area contributed by atoms with E-state index < -0.39 is 5.60 Å². The van der Waals surface area contributed by atoms with E-state index in [0.29, 0.717) is 6.04 Å². The highest BCUT2D eigenvalue weighted by atomic mass is 16.3. The van der Waals surface area contributed by atoms with Crippen molar-refractivity contribution in [3.63, 3.8) is 0 Å². The third kappa shape index (κ3) is 3.33. The first-order chi connectivity index (χ1) is 8.58. The van der Waals surface area contributed by atoms with Crippen LogP contribution in [-0.2, 0) is 10.4 Å². The standard InChI is InChI=1S/C15H21NO2/c1-15(18,12-7-3-2-4-8-12)11-14(17)16-13-9-5-6-10-13/h2-4,7-8,13,18H,5-6,9-11H2,1H3,(H,16,17). The summed E-state index contributed by atoms with van der Waals surface area (Å²) in [5.41, 5.74) is -0.309. The minimum atomic E-state index is -1.09. The Labute approximate surface area is 108 Å². The number of carbonyl (C=O) groups excluding carboxylic acids is 1. The van der Waals surface area contributed by atoms with Crippen LogP contribution in [0.15, 0.2) is 30.3 Å². The van der Waals surface area contributed by atoms with Crippen LogP contribution in [0.25, 0.3) is 0 Å². The highest BCUT2D eigenvalue weighted by molar-refractivity contribution is 5.77. The van der Waals surface area contributed by atoms with E-state index in [1.165, 1.54) is 12.8 Å². The van der Waals surface area contributed by atoms with Crippen molar-refractivity contribution >= 4 is 5.91 Å². The molecule has 3 heteroatoms. The molecule has 2 N–H and O–H groups in total. The molecule has 0 radical (unpaired) electrons. The van der Waals surface area contributed by atoms with Crippen molar-refractivity contribution in [1.82, 2.24) is 5.32 Å². The lowest BCUT2D eigenvalue weighted by Crippen LogP contribution is -2.37. The lowest BCUT2D eigenvalue weighted by molar-refractivity contribution is -0.126. The molecule has 0 heterocycles. The summed E-state index contributed by atoms with van der Waals surface area (Å²) in [4.78, 5) is 11.9. The molecule has 0 saturated heterocycles. The fourth-order valence-electron chi connectivity index (χ4n) is 2.56. The Bertz CT molecular complexity index is 394. The van der Waals surface area contributed by atoms with Crippen molar-refractivity contribution < 1.29 is 9.90 Å². The zero-order valence-electron chi connectivity index (χ0n) is 10.9. The summed E-state index contributed by atoms with van der Waals surface area (Å²) < 4.78 is 0. The number of rotatable bonds is 4. The molecule has 0 aromatic heterocycles. The summed E-state index contributed by atoms with van der Waals surface area (Å²) in [6, 6.07) is 9.66. The summed E-state index contributed by atoms with van der Waals surface area (Å²) in [5.74, 6) is -0.0595. The molecule has 1 fully saturated rings. The van der Waals surface area contributed by atoms with Crippen molar-refractivity contribution in [3.8, 4) is 0 Å². The Hall–Kier alpha value is -1.35. The fraction of sp³-hybridized carbons (Fsp3) is 0.533. The zero-order valence-corrected chi connectivity index (χ0v) is 10.9. The SMILES string of the molecule is CC(O)(CC(=O)NC1CCCC1)c1ccccc1. The van der Waals surface area contributed by atoms with Crippen molar-refractivity contribution in [3.05, 3.63) is 35.9 Å². The maximum atomic E-state index is 11.9. The largest absolute Gasteiger partial charge is 0.385 e. The number of benzene rings is 1. The van der Waals surface area contributed by atoms with Crippen LogP contribution in [-0.4, -0.2) is 17.1 Å². The second-order valence-corrected chi connectivity index (χ2v) is 5.37. The van der Waals surface area contributed by atoms with Gasteiger partial charge in [-0.15, -0.1) is 0 Å². The average Bonchev–Trinajstić information content (AvgIpc) is 2.82. The van der Waals surface area contributed by atoms with Gasteiger partial charge in [0.15, 0.2) is 0 Å². The van der Waals surface area contributed by atoms with Crippen LogP contribution in [0.4, 0.5) is 0 Å². The first-order valence-corrected chi connectivity index (χ1v) is 6.65. The number of aliphatic hydroxyl groups is 1. The highest BCUT2D eigenvalue weighted by Crippen LogP contribution is 2.25. The van der Waals surface area contributed by atoms with Crippen LogP contribution in [0.1, 0.15) is 44.6 Å². The number of carbonyl (C=O) groups is 1. The van der Waals surface area contributed by atoms with Gasteiger partial charge in [0.2, 0.25) is 5.91 Å². The minimum absolute atomic E-state index is 0.0595. The monoisotopic (exact) mass is 247 g/mol. The number of nitrogens with one attached hydrogen (secondary N) is 1. The van der Waals surface area contributed by atoms with Gasteiger partial charge in [0, 0.05) is 6.04 Å². The quantitative estimate of drug-likeness (QED) is 0.858. The molecule has 18 heavy (non-hydrogen) atoms. The molecular formula is C15H21NO2. The Balaban J connectivity index is 1.93. The smallest absolute Gasteiger partial charge is 0.223 e. The van der Waals surface area contributed by atoms with Gasteiger partial charge in [-0.05, 0) is 25.3 Å². The predicted octanol–water partition coefficient (Wildman–Crippen LogP) is 2.34. The predicted molar refractivity (Wildman–Crippen MR) is 71.0 cm³/mol.